The van der Waals surface area contributed by atoms with E-state index in [1.807, 2.05) is 45.9 Å². The third-order valence-corrected chi connectivity index (χ3v) is 4.79. The van der Waals surface area contributed by atoms with E-state index in [9.17, 15) is 13.2 Å². The average Bonchev–Trinajstić information content (AvgIpc) is 2.44. The van der Waals surface area contributed by atoms with E-state index < -0.39 is 10.0 Å². The van der Waals surface area contributed by atoms with Gasteiger partial charge in [0.1, 0.15) is 6.54 Å². The molecule has 0 unspecified atom stereocenters. The monoisotopic (exact) mass is 340 g/mol. The summed E-state index contributed by atoms with van der Waals surface area (Å²) in [5.74, 6) is -0.112. The van der Waals surface area contributed by atoms with Gasteiger partial charge in [0.25, 0.3) is 0 Å². The van der Waals surface area contributed by atoms with Crippen LogP contribution in [0, 0.1) is 6.92 Å². The highest BCUT2D eigenvalue weighted by atomic mass is 32.2. The number of carbonyl (C=O) groups is 1. The van der Waals surface area contributed by atoms with Crippen LogP contribution in [0.4, 0.5) is 5.69 Å². The molecule has 0 spiro atoms. The molecule has 0 aliphatic heterocycles. The second-order valence-electron chi connectivity index (χ2n) is 6.14. The molecular weight excluding hydrogens is 312 g/mol. The first-order chi connectivity index (χ1) is 10.7. The zero-order valence-corrected chi connectivity index (χ0v) is 15.5. The number of amides is 1. The van der Waals surface area contributed by atoms with E-state index in [2.05, 4.69) is 5.32 Å². The zero-order chi connectivity index (χ0) is 17.6. The predicted octanol–water partition coefficient (Wildman–Crippen LogP) is 2.80. The normalized spacial score (nSPS) is 11.6. The largest absolute Gasteiger partial charge is 0.355 e. The third-order valence-electron chi connectivity index (χ3n) is 3.68. The molecule has 0 aromatic heterocycles. The summed E-state index contributed by atoms with van der Waals surface area (Å²) in [4.78, 5) is 12.1. The molecule has 1 aromatic rings. The molecule has 0 atom stereocenters. The molecule has 0 saturated carbocycles. The van der Waals surface area contributed by atoms with Gasteiger partial charge in [-0.15, -0.1) is 0 Å². The number of aryl methyl sites for hydroxylation is 1. The Morgan fingerprint density at radius 1 is 1.30 bits per heavy atom. The van der Waals surface area contributed by atoms with Crippen molar-refractivity contribution in [3.63, 3.8) is 0 Å². The molecule has 0 fully saturated rings. The van der Waals surface area contributed by atoms with Crippen LogP contribution in [-0.2, 0) is 14.8 Å². The van der Waals surface area contributed by atoms with Gasteiger partial charge in [0, 0.05) is 6.54 Å². The Morgan fingerprint density at radius 2 is 1.96 bits per heavy atom. The van der Waals surface area contributed by atoms with Gasteiger partial charge in [-0.05, 0) is 30.4 Å². The number of nitrogens with zero attached hydrogens (tertiary/aromatic N) is 1. The molecule has 1 rings (SSSR count). The Morgan fingerprint density at radius 3 is 2.48 bits per heavy atom. The number of hydrogen-bond donors (Lipinski definition) is 1. The summed E-state index contributed by atoms with van der Waals surface area (Å²) in [5, 5.41) is 2.78. The van der Waals surface area contributed by atoms with Crippen LogP contribution in [0.3, 0.4) is 0 Å². The molecule has 23 heavy (non-hydrogen) atoms. The van der Waals surface area contributed by atoms with Crippen LogP contribution in [-0.4, -0.2) is 33.7 Å². The summed E-state index contributed by atoms with van der Waals surface area (Å²) in [5.41, 5.74) is 2.40. The Hall–Kier alpha value is -1.56. The highest BCUT2D eigenvalue weighted by molar-refractivity contribution is 7.92. The van der Waals surface area contributed by atoms with Crippen molar-refractivity contribution in [1.82, 2.24) is 5.32 Å². The van der Waals surface area contributed by atoms with Crippen LogP contribution in [0.25, 0.3) is 0 Å². The number of nitrogens with one attached hydrogen (secondary N) is 1. The minimum Gasteiger partial charge on any atom is -0.355 e. The Bertz CT molecular complexity index is 639. The number of anilines is 1. The number of hydrogen-bond acceptors (Lipinski definition) is 3. The van der Waals surface area contributed by atoms with Crippen LogP contribution in [0.2, 0.25) is 0 Å². The second-order valence-corrected chi connectivity index (χ2v) is 8.05. The van der Waals surface area contributed by atoms with Crippen LogP contribution in [0.5, 0.6) is 0 Å². The first-order valence-corrected chi connectivity index (χ1v) is 9.87. The standard InChI is InChI=1S/C17H28N2O3S/c1-6-7-11-18-16(20)12-19(23(5,21)22)17-14(4)9-8-10-15(17)13(2)3/h8-10,13H,6-7,11-12H2,1-5H3,(H,18,20). The first-order valence-electron chi connectivity index (χ1n) is 8.02. The lowest BCUT2D eigenvalue weighted by Crippen LogP contribution is -2.41. The fraction of sp³-hybridized carbons (Fsp3) is 0.588. The molecule has 5 nitrogen and oxygen atoms in total. The average molecular weight is 340 g/mol. The molecule has 1 amide bonds. The van der Waals surface area contributed by atoms with Crippen molar-refractivity contribution >= 4 is 21.6 Å². The summed E-state index contributed by atoms with van der Waals surface area (Å²) in [6.07, 6.45) is 3.00. The van der Waals surface area contributed by atoms with Crippen LogP contribution in [0.1, 0.15) is 50.7 Å². The van der Waals surface area contributed by atoms with Crippen LogP contribution < -0.4 is 9.62 Å². The molecule has 0 saturated heterocycles. The summed E-state index contributed by atoms with van der Waals surface area (Å²) >= 11 is 0. The quantitative estimate of drug-likeness (QED) is 0.740. The van der Waals surface area contributed by atoms with Gasteiger partial charge in [-0.2, -0.15) is 0 Å². The number of sulfonamides is 1. The third kappa shape index (κ3) is 5.53. The van der Waals surface area contributed by atoms with Gasteiger partial charge in [-0.25, -0.2) is 8.42 Å². The van der Waals surface area contributed by atoms with Gasteiger partial charge in [-0.3, -0.25) is 9.10 Å². The number of para-hydroxylation sites is 1. The molecule has 6 heteroatoms. The number of carbonyl (C=O) groups excluding carboxylic acids is 1. The van der Waals surface area contributed by atoms with Gasteiger partial charge in [-0.1, -0.05) is 45.4 Å². The van der Waals surface area contributed by atoms with Crippen molar-refractivity contribution in [2.45, 2.75) is 46.5 Å². The molecule has 0 radical (unpaired) electrons. The van der Waals surface area contributed by atoms with Gasteiger partial charge in [0.2, 0.25) is 15.9 Å². The van der Waals surface area contributed by atoms with Crippen molar-refractivity contribution in [3.8, 4) is 0 Å². The fourth-order valence-electron chi connectivity index (χ4n) is 2.44. The molecule has 0 aliphatic carbocycles. The highest BCUT2D eigenvalue weighted by Crippen LogP contribution is 2.32. The molecule has 1 N–H and O–H groups in total. The summed E-state index contributed by atoms with van der Waals surface area (Å²) in [6, 6.07) is 5.70. The minimum atomic E-state index is -3.55. The van der Waals surface area contributed by atoms with Crippen molar-refractivity contribution < 1.29 is 13.2 Å². The maximum Gasteiger partial charge on any atom is 0.240 e. The Labute approximate surface area is 140 Å². The van der Waals surface area contributed by atoms with E-state index >= 15 is 0 Å². The van der Waals surface area contributed by atoms with Gasteiger partial charge in [0.15, 0.2) is 0 Å². The van der Waals surface area contributed by atoms with Gasteiger partial charge in [0.05, 0.1) is 11.9 Å². The highest BCUT2D eigenvalue weighted by Gasteiger charge is 2.25. The molecule has 1 aromatic carbocycles. The van der Waals surface area contributed by atoms with E-state index in [0.717, 1.165) is 30.2 Å². The fourth-order valence-corrected chi connectivity index (χ4v) is 3.37. The van der Waals surface area contributed by atoms with E-state index in [0.29, 0.717) is 12.2 Å². The number of unbranched alkanes of at least 4 members (excludes halogenated alkanes) is 1. The maximum absolute atomic E-state index is 12.3. The second kappa shape index (κ2) is 8.34. The SMILES string of the molecule is CCCCNC(=O)CN(c1c(C)cccc1C(C)C)S(C)(=O)=O. The lowest BCUT2D eigenvalue weighted by molar-refractivity contribution is -0.119. The van der Waals surface area contributed by atoms with E-state index in [1.165, 1.54) is 4.31 Å². The number of benzene rings is 1. The maximum atomic E-state index is 12.3. The van der Waals surface area contributed by atoms with Crippen molar-refractivity contribution in [2.75, 3.05) is 23.7 Å². The van der Waals surface area contributed by atoms with Gasteiger partial charge >= 0.3 is 0 Å². The summed E-state index contributed by atoms with van der Waals surface area (Å²) in [7, 11) is -3.55. The van der Waals surface area contributed by atoms with Crippen LogP contribution in [0.15, 0.2) is 18.2 Å². The summed E-state index contributed by atoms with van der Waals surface area (Å²) < 4.78 is 25.8. The molecule has 0 aliphatic rings. The Balaban J connectivity index is 3.17. The van der Waals surface area contributed by atoms with E-state index in [-0.39, 0.29) is 18.4 Å². The topological polar surface area (TPSA) is 66.5 Å². The van der Waals surface area contributed by atoms with E-state index in [1.54, 1.807) is 0 Å². The smallest absolute Gasteiger partial charge is 0.240 e. The van der Waals surface area contributed by atoms with Crippen molar-refractivity contribution in [2.24, 2.45) is 0 Å². The lowest BCUT2D eigenvalue weighted by atomic mass is 9.98. The van der Waals surface area contributed by atoms with E-state index in [4.69, 9.17) is 0 Å². The van der Waals surface area contributed by atoms with Crippen molar-refractivity contribution in [1.29, 1.82) is 0 Å². The van der Waals surface area contributed by atoms with Crippen molar-refractivity contribution in [3.05, 3.63) is 29.3 Å². The van der Waals surface area contributed by atoms with Crippen LogP contribution >= 0.6 is 0 Å². The lowest BCUT2D eigenvalue weighted by Gasteiger charge is -2.27. The number of rotatable bonds is 8. The zero-order valence-electron chi connectivity index (χ0n) is 14.7. The molecule has 130 valence electrons. The minimum absolute atomic E-state index is 0.164. The molecule has 0 heterocycles. The Kier molecular flexibility index (Phi) is 7.06. The summed E-state index contributed by atoms with van der Waals surface area (Å²) in [6.45, 7) is 8.32. The molecule has 0 bridgehead atoms. The van der Waals surface area contributed by atoms with Gasteiger partial charge < -0.3 is 5.32 Å². The predicted molar refractivity (Wildman–Crippen MR) is 95.4 cm³/mol. The first kappa shape index (κ1) is 19.5. The molecular formula is C17H28N2O3S.